The molecule has 4 rings (SSSR count). The zero-order valence-electron chi connectivity index (χ0n) is 21.3. The number of carbonyl (C=O) groups is 2. The van der Waals surface area contributed by atoms with Crippen molar-refractivity contribution in [3.63, 3.8) is 0 Å². The van der Waals surface area contributed by atoms with Crippen molar-refractivity contribution in [2.24, 2.45) is 0 Å². The predicted molar refractivity (Wildman–Crippen MR) is 160 cm³/mol. The molecule has 1 aromatic heterocycles. The van der Waals surface area contributed by atoms with Crippen LogP contribution in [0.15, 0.2) is 95.2 Å². The first-order chi connectivity index (χ1) is 18.9. The summed E-state index contributed by atoms with van der Waals surface area (Å²) in [6, 6.07) is 29.6. The molecule has 6 nitrogen and oxygen atoms in total. The van der Waals surface area contributed by atoms with Gasteiger partial charge in [-0.05, 0) is 77.9 Å². The molecule has 3 aromatic carbocycles. The number of amides is 1. The highest BCUT2D eigenvalue weighted by Crippen LogP contribution is 2.30. The van der Waals surface area contributed by atoms with E-state index in [0.29, 0.717) is 10.9 Å². The van der Waals surface area contributed by atoms with Gasteiger partial charge in [-0.3, -0.25) is 9.52 Å². The van der Waals surface area contributed by atoms with Gasteiger partial charge in [0.05, 0.1) is 10.8 Å². The summed E-state index contributed by atoms with van der Waals surface area (Å²) in [4.78, 5) is 26.0. The van der Waals surface area contributed by atoms with Gasteiger partial charge in [0.15, 0.2) is 0 Å². The number of hydrogen-bond acceptors (Lipinski definition) is 6. The van der Waals surface area contributed by atoms with Crippen LogP contribution in [0.2, 0.25) is 5.02 Å². The number of nitrogen functional groups attached to an aromatic ring is 1. The Morgan fingerprint density at radius 1 is 0.949 bits per heavy atom. The highest BCUT2D eigenvalue weighted by molar-refractivity contribution is 7.99. The van der Waals surface area contributed by atoms with Gasteiger partial charge < -0.3 is 15.7 Å². The first kappa shape index (κ1) is 28.7. The Kier molecular flexibility index (Phi) is 10.4. The average molecular weight is 580 g/mol. The molecular formula is C30H30ClN3O3S2. The third-order valence-electron chi connectivity index (χ3n) is 6.20. The number of nitrogens with two attached hydrogens (primary N) is 1. The van der Waals surface area contributed by atoms with Crippen LogP contribution in [0.25, 0.3) is 0 Å². The van der Waals surface area contributed by atoms with E-state index >= 15 is 0 Å². The number of carboxylic acid groups (broad SMARTS) is 1. The minimum Gasteiger partial charge on any atom is -0.474 e. The van der Waals surface area contributed by atoms with E-state index in [2.05, 4.69) is 41.1 Å². The van der Waals surface area contributed by atoms with Gasteiger partial charge in [-0.2, -0.15) is 0 Å². The van der Waals surface area contributed by atoms with Gasteiger partial charge in [-0.25, -0.2) is 4.79 Å². The van der Waals surface area contributed by atoms with Gasteiger partial charge in [0.25, 0.3) is 0 Å². The lowest BCUT2D eigenvalue weighted by Crippen LogP contribution is -2.35. The molecule has 39 heavy (non-hydrogen) atoms. The molecule has 0 aliphatic rings. The van der Waals surface area contributed by atoms with E-state index in [0.717, 1.165) is 39.7 Å². The predicted octanol–water partition coefficient (Wildman–Crippen LogP) is 6.81. The standard InChI is InChI=1S/C30H30ClN3O3S2/c31-24-9-4-6-21(18-24)19-34(29(35)30(36)37)20-26-15-16-28(38-26)39-33-17-5-10-27(22-7-2-1-3-8-22)23-11-13-25(32)14-12-23/h1-4,6-9,11-16,18,27,33H,5,10,17,19-20,32H2,(H,36,37). The van der Waals surface area contributed by atoms with Crippen LogP contribution in [0.5, 0.6) is 0 Å². The van der Waals surface area contributed by atoms with Crippen molar-refractivity contribution in [3.05, 3.63) is 118 Å². The number of hydrogen-bond donors (Lipinski definition) is 3. The lowest BCUT2D eigenvalue weighted by atomic mass is 9.87. The second kappa shape index (κ2) is 14.2. The number of halogens is 1. The van der Waals surface area contributed by atoms with Crippen molar-refractivity contribution >= 4 is 52.4 Å². The molecule has 4 N–H and O–H groups in total. The van der Waals surface area contributed by atoms with Crippen LogP contribution in [0.4, 0.5) is 5.69 Å². The zero-order chi connectivity index (χ0) is 27.6. The highest BCUT2D eigenvalue weighted by Gasteiger charge is 2.22. The van der Waals surface area contributed by atoms with Crippen LogP contribution in [0, 0.1) is 0 Å². The lowest BCUT2D eigenvalue weighted by Gasteiger charge is -2.20. The van der Waals surface area contributed by atoms with Gasteiger partial charge in [0, 0.05) is 34.6 Å². The van der Waals surface area contributed by atoms with E-state index in [1.807, 2.05) is 36.4 Å². The van der Waals surface area contributed by atoms with E-state index in [1.54, 1.807) is 30.1 Å². The van der Waals surface area contributed by atoms with Crippen molar-refractivity contribution in [2.45, 2.75) is 36.1 Å². The summed E-state index contributed by atoms with van der Waals surface area (Å²) < 4.78 is 4.49. The summed E-state index contributed by atoms with van der Waals surface area (Å²) in [5.74, 6) is -2.12. The smallest absolute Gasteiger partial charge is 0.394 e. The Hall–Kier alpha value is -3.30. The second-order valence-corrected chi connectivity index (χ2v) is 11.9. The van der Waals surface area contributed by atoms with Crippen LogP contribution < -0.4 is 10.5 Å². The third-order valence-corrected chi connectivity index (χ3v) is 8.49. The molecule has 0 saturated heterocycles. The van der Waals surface area contributed by atoms with Gasteiger partial charge in [0.2, 0.25) is 0 Å². The van der Waals surface area contributed by atoms with Crippen LogP contribution in [0.3, 0.4) is 0 Å². The molecule has 202 valence electrons. The van der Waals surface area contributed by atoms with Crippen molar-refractivity contribution in [2.75, 3.05) is 12.3 Å². The quantitative estimate of drug-likeness (QED) is 0.0739. The van der Waals surface area contributed by atoms with Crippen LogP contribution in [0.1, 0.15) is 40.3 Å². The van der Waals surface area contributed by atoms with Crippen molar-refractivity contribution in [3.8, 4) is 0 Å². The molecule has 0 radical (unpaired) electrons. The van der Waals surface area contributed by atoms with E-state index in [4.69, 9.17) is 17.3 Å². The molecule has 1 amide bonds. The fraction of sp³-hybridized carbons (Fsp3) is 0.200. The molecule has 0 fully saturated rings. The van der Waals surface area contributed by atoms with Crippen LogP contribution >= 0.6 is 34.9 Å². The minimum atomic E-state index is -1.47. The zero-order valence-corrected chi connectivity index (χ0v) is 23.6. The summed E-state index contributed by atoms with van der Waals surface area (Å²) in [6.07, 6.45) is 1.97. The number of aliphatic carboxylic acids is 1. The average Bonchev–Trinajstić information content (AvgIpc) is 3.38. The second-order valence-electron chi connectivity index (χ2n) is 9.09. The van der Waals surface area contributed by atoms with Crippen molar-refractivity contribution in [1.29, 1.82) is 0 Å². The molecule has 4 aromatic rings. The SMILES string of the molecule is Nc1ccc(C(CCCNSc2ccc(CN(Cc3cccc(Cl)c3)C(=O)C(=O)O)s2)c2ccccc2)cc1. The molecule has 0 aliphatic heterocycles. The van der Waals surface area contributed by atoms with Crippen LogP contribution in [-0.4, -0.2) is 28.4 Å². The molecule has 0 saturated carbocycles. The minimum absolute atomic E-state index is 0.168. The number of benzene rings is 3. The number of carbonyl (C=O) groups excluding carboxylic acids is 1. The molecule has 1 unspecified atom stereocenters. The molecular weight excluding hydrogens is 550 g/mol. The fourth-order valence-electron chi connectivity index (χ4n) is 4.32. The Labute approximate surface area is 241 Å². The molecule has 0 aliphatic carbocycles. The first-order valence-electron chi connectivity index (χ1n) is 12.5. The van der Waals surface area contributed by atoms with Gasteiger partial charge in [0.1, 0.15) is 0 Å². The van der Waals surface area contributed by atoms with Crippen molar-refractivity contribution in [1.82, 2.24) is 9.62 Å². The molecule has 1 heterocycles. The molecule has 0 bridgehead atoms. The Bertz CT molecular complexity index is 1380. The number of rotatable bonds is 12. The van der Waals surface area contributed by atoms with E-state index in [-0.39, 0.29) is 13.1 Å². The molecule has 9 heteroatoms. The Balaban J connectivity index is 1.30. The summed E-state index contributed by atoms with van der Waals surface area (Å²) in [5.41, 5.74) is 9.98. The summed E-state index contributed by atoms with van der Waals surface area (Å²) >= 11 is 9.15. The van der Waals surface area contributed by atoms with Crippen molar-refractivity contribution < 1.29 is 14.7 Å². The van der Waals surface area contributed by atoms with E-state index < -0.39 is 11.9 Å². The monoisotopic (exact) mass is 579 g/mol. The summed E-state index contributed by atoms with van der Waals surface area (Å²) in [5, 5.41) is 9.84. The molecule has 0 spiro atoms. The maximum atomic E-state index is 12.3. The topological polar surface area (TPSA) is 95.7 Å². The number of nitrogens with one attached hydrogen (secondary N) is 1. The normalized spacial score (nSPS) is 11.7. The molecule has 1 atom stereocenters. The van der Waals surface area contributed by atoms with Crippen LogP contribution in [-0.2, 0) is 22.7 Å². The number of nitrogens with zero attached hydrogens (tertiary/aromatic N) is 1. The number of carboxylic acids is 1. The van der Waals surface area contributed by atoms with Gasteiger partial charge in [-0.15, -0.1) is 11.3 Å². The highest BCUT2D eigenvalue weighted by atomic mass is 35.5. The Morgan fingerprint density at radius 2 is 1.69 bits per heavy atom. The largest absolute Gasteiger partial charge is 0.474 e. The number of anilines is 1. The summed E-state index contributed by atoms with van der Waals surface area (Å²) in [6.45, 7) is 1.21. The third kappa shape index (κ3) is 8.60. The maximum absolute atomic E-state index is 12.3. The fourth-order valence-corrected chi connectivity index (χ4v) is 6.47. The van der Waals surface area contributed by atoms with E-state index in [1.165, 1.54) is 27.4 Å². The Morgan fingerprint density at radius 3 is 2.41 bits per heavy atom. The lowest BCUT2D eigenvalue weighted by molar-refractivity contribution is -0.156. The maximum Gasteiger partial charge on any atom is 0.394 e. The van der Waals surface area contributed by atoms with Gasteiger partial charge >= 0.3 is 11.9 Å². The number of thiophene rings is 1. The van der Waals surface area contributed by atoms with E-state index in [9.17, 15) is 14.7 Å². The first-order valence-corrected chi connectivity index (χ1v) is 14.6. The summed E-state index contributed by atoms with van der Waals surface area (Å²) in [7, 11) is 0. The van der Waals surface area contributed by atoms with Gasteiger partial charge in [-0.1, -0.05) is 66.2 Å².